The van der Waals surface area contributed by atoms with Crippen LogP contribution in [0.25, 0.3) is 0 Å². The van der Waals surface area contributed by atoms with Gasteiger partial charge in [0.2, 0.25) is 0 Å². The van der Waals surface area contributed by atoms with E-state index in [2.05, 4.69) is 17.6 Å². The second-order valence-electron chi connectivity index (χ2n) is 4.73. The Hall–Kier alpha value is -1.54. The molecule has 20 heavy (non-hydrogen) atoms. The van der Waals surface area contributed by atoms with E-state index in [0.717, 1.165) is 32.3 Å². The van der Waals surface area contributed by atoms with Crippen LogP contribution in [-0.4, -0.2) is 31.7 Å². The number of hydrogen-bond donors (Lipinski definition) is 2. The summed E-state index contributed by atoms with van der Waals surface area (Å²) in [7, 11) is 0. The molecule has 0 bridgehead atoms. The number of hydrogen-bond acceptors (Lipinski definition) is 4. The summed E-state index contributed by atoms with van der Waals surface area (Å²) in [5.74, 6) is -0.325. The highest BCUT2D eigenvalue weighted by molar-refractivity contribution is 5.97. The van der Waals surface area contributed by atoms with E-state index >= 15 is 0 Å². The van der Waals surface area contributed by atoms with Crippen molar-refractivity contribution in [1.82, 2.24) is 10.6 Å². The molecule has 0 aromatic rings. The van der Waals surface area contributed by atoms with E-state index in [0.29, 0.717) is 13.2 Å². The van der Waals surface area contributed by atoms with Crippen LogP contribution in [0.5, 0.6) is 0 Å². The van der Waals surface area contributed by atoms with Gasteiger partial charge in [0, 0.05) is 32.0 Å². The molecular weight excluding hydrogens is 254 g/mol. The highest BCUT2D eigenvalue weighted by Gasteiger charge is 2.10. The number of ether oxygens (including phenoxy) is 1. The maximum atomic E-state index is 11.7. The molecule has 0 aliphatic rings. The SMILES string of the molecule is CCCCOCCCN/C=C(/C#N)C(=O)NC(C)CC. The Kier molecular flexibility index (Phi) is 11.5. The average molecular weight is 281 g/mol. The number of unbranched alkanes of at least 4 members (excludes halogenated alkanes) is 1. The molecule has 0 heterocycles. The van der Waals surface area contributed by atoms with Crippen molar-refractivity contribution in [3.8, 4) is 6.07 Å². The van der Waals surface area contributed by atoms with Crippen LogP contribution in [0.4, 0.5) is 0 Å². The molecule has 1 atom stereocenters. The van der Waals surface area contributed by atoms with Gasteiger partial charge in [-0.1, -0.05) is 20.3 Å². The number of nitrogens with zero attached hydrogens (tertiary/aromatic N) is 1. The van der Waals surface area contributed by atoms with Gasteiger partial charge in [-0.05, 0) is 26.2 Å². The second kappa shape index (κ2) is 12.5. The average Bonchev–Trinajstić information content (AvgIpc) is 2.45. The first kappa shape index (κ1) is 18.5. The molecule has 2 N–H and O–H groups in total. The minimum atomic E-state index is -0.325. The molecule has 1 unspecified atom stereocenters. The molecule has 0 aromatic carbocycles. The lowest BCUT2D eigenvalue weighted by molar-refractivity contribution is -0.117. The molecular formula is C15H27N3O2. The van der Waals surface area contributed by atoms with Gasteiger partial charge in [0.15, 0.2) is 0 Å². The summed E-state index contributed by atoms with van der Waals surface area (Å²) in [5, 5.41) is 14.7. The van der Waals surface area contributed by atoms with Crippen LogP contribution in [-0.2, 0) is 9.53 Å². The van der Waals surface area contributed by atoms with Gasteiger partial charge in [-0.15, -0.1) is 0 Å². The van der Waals surface area contributed by atoms with Gasteiger partial charge in [-0.2, -0.15) is 5.26 Å². The first-order valence-electron chi connectivity index (χ1n) is 7.37. The van der Waals surface area contributed by atoms with Crippen LogP contribution < -0.4 is 10.6 Å². The van der Waals surface area contributed by atoms with E-state index in [1.54, 1.807) is 0 Å². The summed E-state index contributed by atoms with van der Waals surface area (Å²) in [5.41, 5.74) is 0.109. The molecule has 0 spiro atoms. The lowest BCUT2D eigenvalue weighted by Crippen LogP contribution is -2.33. The fourth-order valence-electron chi connectivity index (χ4n) is 1.35. The van der Waals surface area contributed by atoms with E-state index in [1.165, 1.54) is 6.20 Å². The lowest BCUT2D eigenvalue weighted by Gasteiger charge is -2.10. The summed E-state index contributed by atoms with van der Waals surface area (Å²) < 4.78 is 5.42. The van der Waals surface area contributed by atoms with Crippen molar-refractivity contribution in [3.05, 3.63) is 11.8 Å². The number of nitriles is 1. The first-order valence-corrected chi connectivity index (χ1v) is 7.37. The molecule has 0 fully saturated rings. The Bertz CT molecular complexity index is 335. The summed E-state index contributed by atoms with van der Waals surface area (Å²) in [6.07, 6.45) is 5.39. The van der Waals surface area contributed by atoms with Crippen molar-refractivity contribution in [2.45, 2.75) is 52.5 Å². The van der Waals surface area contributed by atoms with Crippen LogP contribution in [0.3, 0.4) is 0 Å². The van der Waals surface area contributed by atoms with Gasteiger partial charge in [0.05, 0.1) is 0 Å². The standard InChI is InChI=1S/C15H27N3O2/c1-4-6-9-20-10-7-8-17-12-14(11-16)15(19)18-13(3)5-2/h12-13,17H,4-10H2,1-3H3,(H,18,19)/b14-12-. The van der Waals surface area contributed by atoms with Crippen LogP contribution in [0.15, 0.2) is 11.8 Å². The Morgan fingerprint density at radius 3 is 2.65 bits per heavy atom. The van der Waals surface area contributed by atoms with E-state index in [4.69, 9.17) is 10.00 Å². The molecule has 0 aliphatic carbocycles. The van der Waals surface area contributed by atoms with Gasteiger partial charge in [-0.3, -0.25) is 4.79 Å². The highest BCUT2D eigenvalue weighted by atomic mass is 16.5. The molecule has 114 valence electrons. The normalized spacial score (nSPS) is 12.6. The van der Waals surface area contributed by atoms with Crippen molar-refractivity contribution in [3.63, 3.8) is 0 Å². The van der Waals surface area contributed by atoms with Crippen molar-refractivity contribution < 1.29 is 9.53 Å². The number of rotatable bonds is 11. The monoisotopic (exact) mass is 281 g/mol. The maximum Gasteiger partial charge on any atom is 0.263 e. The third kappa shape index (κ3) is 9.40. The van der Waals surface area contributed by atoms with Gasteiger partial charge in [0.1, 0.15) is 11.6 Å². The Labute approximate surface area is 122 Å². The Balaban J connectivity index is 3.85. The second-order valence-corrected chi connectivity index (χ2v) is 4.73. The molecule has 0 saturated heterocycles. The first-order chi connectivity index (χ1) is 9.65. The smallest absolute Gasteiger partial charge is 0.263 e. The predicted molar refractivity (Wildman–Crippen MR) is 79.9 cm³/mol. The largest absolute Gasteiger partial charge is 0.390 e. The van der Waals surface area contributed by atoms with Crippen molar-refractivity contribution in [1.29, 1.82) is 5.26 Å². The molecule has 5 nitrogen and oxygen atoms in total. The predicted octanol–water partition coefficient (Wildman–Crippen LogP) is 2.10. The third-order valence-electron chi connectivity index (χ3n) is 2.85. The molecule has 0 radical (unpaired) electrons. The highest BCUT2D eigenvalue weighted by Crippen LogP contribution is 1.95. The summed E-state index contributed by atoms with van der Waals surface area (Å²) in [4.78, 5) is 11.7. The quantitative estimate of drug-likeness (QED) is 0.345. The number of carbonyl (C=O) groups is 1. The van der Waals surface area contributed by atoms with Crippen molar-refractivity contribution in [2.75, 3.05) is 19.8 Å². The van der Waals surface area contributed by atoms with E-state index in [1.807, 2.05) is 19.9 Å². The van der Waals surface area contributed by atoms with Crippen molar-refractivity contribution in [2.24, 2.45) is 0 Å². The maximum absolute atomic E-state index is 11.7. The zero-order valence-corrected chi connectivity index (χ0v) is 12.9. The molecule has 5 heteroatoms. The molecule has 0 saturated carbocycles. The van der Waals surface area contributed by atoms with Gasteiger partial charge in [0.25, 0.3) is 5.91 Å². The molecule has 0 aliphatic heterocycles. The topological polar surface area (TPSA) is 74.1 Å². The van der Waals surface area contributed by atoms with Crippen LogP contribution in [0.1, 0.15) is 46.5 Å². The fraction of sp³-hybridized carbons (Fsp3) is 0.733. The van der Waals surface area contributed by atoms with Crippen LogP contribution in [0.2, 0.25) is 0 Å². The number of amides is 1. The summed E-state index contributed by atoms with van der Waals surface area (Å²) in [6, 6.07) is 1.98. The van der Waals surface area contributed by atoms with E-state index in [-0.39, 0.29) is 17.5 Å². The Morgan fingerprint density at radius 1 is 1.35 bits per heavy atom. The summed E-state index contributed by atoms with van der Waals surface area (Å²) >= 11 is 0. The van der Waals surface area contributed by atoms with E-state index in [9.17, 15) is 4.79 Å². The van der Waals surface area contributed by atoms with Gasteiger partial charge in [-0.25, -0.2) is 0 Å². The zero-order valence-electron chi connectivity index (χ0n) is 12.9. The van der Waals surface area contributed by atoms with Crippen LogP contribution >= 0.6 is 0 Å². The molecule has 0 rings (SSSR count). The number of nitrogens with one attached hydrogen (secondary N) is 2. The zero-order chi connectivity index (χ0) is 15.2. The minimum absolute atomic E-state index is 0.0752. The summed E-state index contributed by atoms with van der Waals surface area (Å²) in [6.45, 7) is 8.21. The van der Waals surface area contributed by atoms with Crippen LogP contribution in [0, 0.1) is 11.3 Å². The van der Waals surface area contributed by atoms with Gasteiger partial charge >= 0.3 is 0 Å². The van der Waals surface area contributed by atoms with Gasteiger partial charge < -0.3 is 15.4 Å². The fourth-order valence-corrected chi connectivity index (χ4v) is 1.35. The number of carbonyl (C=O) groups excluding carboxylic acids is 1. The molecule has 0 aromatic heterocycles. The van der Waals surface area contributed by atoms with E-state index < -0.39 is 0 Å². The molecule has 1 amide bonds. The minimum Gasteiger partial charge on any atom is -0.390 e. The Morgan fingerprint density at radius 2 is 2.05 bits per heavy atom. The third-order valence-corrected chi connectivity index (χ3v) is 2.85. The lowest BCUT2D eigenvalue weighted by atomic mass is 10.2. The van der Waals surface area contributed by atoms with Crippen molar-refractivity contribution >= 4 is 5.91 Å².